The number of carbonyl (C=O) groups excluding carboxylic acids is 2. The molecule has 6 heteroatoms. The molecule has 148 valence electrons. The van der Waals surface area contributed by atoms with E-state index in [9.17, 15) is 9.59 Å². The summed E-state index contributed by atoms with van der Waals surface area (Å²) in [7, 11) is 0. The molecule has 0 spiro atoms. The lowest BCUT2D eigenvalue weighted by Gasteiger charge is -2.08. The lowest BCUT2D eigenvalue weighted by Crippen LogP contribution is -2.31. The van der Waals surface area contributed by atoms with Gasteiger partial charge < -0.3 is 19.2 Å². The second kappa shape index (κ2) is 7.40. The summed E-state index contributed by atoms with van der Waals surface area (Å²) in [6.45, 7) is 0.401. The Balaban J connectivity index is 1.43. The van der Waals surface area contributed by atoms with Crippen molar-refractivity contribution in [2.75, 3.05) is 6.79 Å². The number of fused-ring (bicyclic) bond motifs is 2. The predicted molar refractivity (Wildman–Crippen MR) is 112 cm³/mol. The minimum Gasteiger partial charge on any atom is -0.454 e. The molecule has 0 saturated carbocycles. The first-order valence-corrected chi connectivity index (χ1v) is 9.57. The van der Waals surface area contributed by atoms with Gasteiger partial charge in [-0.15, -0.1) is 0 Å². The van der Waals surface area contributed by atoms with E-state index in [-0.39, 0.29) is 13.3 Å². The molecule has 1 aliphatic rings. The van der Waals surface area contributed by atoms with Crippen molar-refractivity contribution in [3.8, 4) is 22.6 Å². The highest BCUT2D eigenvalue weighted by molar-refractivity contribution is 6.43. The van der Waals surface area contributed by atoms with E-state index in [1.165, 1.54) is 0 Å². The average molecular weight is 398 g/mol. The molecule has 0 bridgehead atoms. The van der Waals surface area contributed by atoms with Gasteiger partial charge >= 0.3 is 0 Å². The van der Waals surface area contributed by atoms with Crippen LogP contribution in [0.15, 0.2) is 79.0 Å². The van der Waals surface area contributed by atoms with Gasteiger partial charge in [0.25, 0.3) is 11.7 Å². The van der Waals surface area contributed by atoms with Gasteiger partial charge in [-0.05, 0) is 41.5 Å². The van der Waals surface area contributed by atoms with Gasteiger partial charge in [0, 0.05) is 23.8 Å². The number of nitrogens with one attached hydrogen (secondary N) is 1. The predicted octanol–water partition coefficient (Wildman–Crippen LogP) is 3.83. The summed E-state index contributed by atoms with van der Waals surface area (Å²) < 4.78 is 12.4. The van der Waals surface area contributed by atoms with Crippen molar-refractivity contribution < 1.29 is 19.1 Å². The zero-order chi connectivity index (χ0) is 20.5. The Morgan fingerprint density at radius 2 is 1.70 bits per heavy atom. The van der Waals surface area contributed by atoms with Crippen LogP contribution in [0.25, 0.3) is 16.6 Å². The maximum Gasteiger partial charge on any atom is 0.294 e. The number of benzene rings is 2. The second-order valence-electron chi connectivity index (χ2n) is 6.97. The van der Waals surface area contributed by atoms with Crippen LogP contribution in [0.4, 0.5) is 0 Å². The van der Waals surface area contributed by atoms with Gasteiger partial charge in [0.15, 0.2) is 11.5 Å². The van der Waals surface area contributed by atoms with Gasteiger partial charge in [-0.3, -0.25) is 9.59 Å². The molecule has 2 aromatic heterocycles. The molecule has 5 rings (SSSR count). The van der Waals surface area contributed by atoms with Gasteiger partial charge in [-0.25, -0.2) is 0 Å². The monoisotopic (exact) mass is 398 g/mol. The summed E-state index contributed by atoms with van der Waals surface area (Å²) in [6.07, 6.45) is 1.79. The third-order valence-corrected chi connectivity index (χ3v) is 5.08. The first kappa shape index (κ1) is 18.0. The van der Waals surface area contributed by atoms with E-state index in [0.29, 0.717) is 17.2 Å². The van der Waals surface area contributed by atoms with Crippen LogP contribution in [-0.4, -0.2) is 22.9 Å². The van der Waals surface area contributed by atoms with Crippen LogP contribution in [0.2, 0.25) is 0 Å². The molecule has 1 aliphatic heterocycles. The highest BCUT2D eigenvalue weighted by Crippen LogP contribution is 2.32. The number of rotatable bonds is 5. The number of hydrogen-bond donors (Lipinski definition) is 1. The SMILES string of the molecule is O=C(NCc1ccc2c(c1)OCO2)C(=O)c1c(-c2ccccc2)cc2ccccn12. The zero-order valence-corrected chi connectivity index (χ0v) is 16.0. The van der Waals surface area contributed by atoms with Crippen LogP contribution in [0, 0.1) is 0 Å². The Morgan fingerprint density at radius 3 is 2.57 bits per heavy atom. The number of Topliss-reactive ketones (excluding diaryl/α,β-unsaturated/α-hetero) is 1. The molecule has 6 nitrogen and oxygen atoms in total. The maximum absolute atomic E-state index is 13.1. The molecule has 0 radical (unpaired) electrons. The summed E-state index contributed by atoms with van der Waals surface area (Å²) >= 11 is 0. The third-order valence-electron chi connectivity index (χ3n) is 5.08. The van der Waals surface area contributed by atoms with E-state index >= 15 is 0 Å². The summed E-state index contributed by atoms with van der Waals surface area (Å²) in [5.41, 5.74) is 3.63. The fourth-order valence-corrected chi connectivity index (χ4v) is 3.61. The van der Waals surface area contributed by atoms with Crippen molar-refractivity contribution in [2.24, 2.45) is 0 Å². The molecule has 0 atom stereocenters. The molecular weight excluding hydrogens is 380 g/mol. The van der Waals surface area contributed by atoms with Crippen molar-refractivity contribution in [1.82, 2.24) is 9.72 Å². The molecular formula is C24H18N2O4. The van der Waals surface area contributed by atoms with E-state index in [0.717, 1.165) is 22.2 Å². The van der Waals surface area contributed by atoms with E-state index in [2.05, 4.69) is 5.32 Å². The lowest BCUT2D eigenvalue weighted by atomic mass is 10.0. The first-order chi connectivity index (χ1) is 14.7. The van der Waals surface area contributed by atoms with Crippen molar-refractivity contribution in [1.29, 1.82) is 0 Å². The van der Waals surface area contributed by atoms with Gasteiger partial charge in [0.1, 0.15) is 5.69 Å². The third kappa shape index (κ3) is 3.18. The van der Waals surface area contributed by atoms with Crippen molar-refractivity contribution in [3.63, 3.8) is 0 Å². The lowest BCUT2D eigenvalue weighted by molar-refractivity contribution is -0.117. The van der Waals surface area contributed by atoms with Gasteiger partial charge in [-0.2, -0.15) is 0 Å². The number of amides is 1. The van der Waals surface area contributed by atoms with Crippen LogP contribution >= 0.6 is 0 Å². The smallest absolute Gasteiger partial charge is 0.294 e. The number of hydrogen-bond acceptors (Lipinski definition) is 4. The van der Waals surface area contributed by atoms with E-state index in [1.54, 1.807) is 22.7 Å². The number of ketones is 1. The Bertz CT molecular complexity index is 1260. The molecule has 4 aromatic rings. The molecule has 1 amide bonds. The number of ether oxygens (including phenoxy) is 2. The minimum absolute atomic E-state index is 0.188. The highest BCUT2D eigenvalue weighted by atomic mass is 16.7. The molecule has 30 heavy (non-hydrogen) atoms. The number of pyridine rings is 1. The van der Waals surface area contributed by atoms with Crippen LogP contribution in [-0.2, 0) is 11.3 Å². The Labute approximate surface area is 172 Å². The molecule has 3 heterocycles. The maximum atomic E-state index is 13.1. The number of nitrogens with zero attached hydrogens (tertiary/aromatic N) is 1. The largest absolute Gasteiger partial charge is 0.454 e. The Morgan fingerprint density at radius 1 is 0.900 bits per heavy atom. The van der Waals surface area contributed by atoms with Gasteiger partial charge in [0.05, 0.1) is 0 Å². The summed E-state index contributed by atoms with van der Waals surface area (Å²) in [5.74, 6) is 0.0693. The summed E-state index contributed by atoms with van der Waals surface area (Å²) in [5, 5.41) is 2.72. The van der Waals surface area contributed by atoms with Crippen molar-refractivity contribution in [2.45, 2.75) is 6.54 Å². The Kier molecular flexibility index (Phi) is 4.44. The first-order valence-electron chi connectivity index (χ1n) is 9.57. The zero-order valence-electron chi connectivity index (χ0n) is 16.0. The normalized spacial score (nSPS) is 12.1. The Hall–Kier alpha value is -4.06. The fraction of sp³-hybridized carbons (Fsp3) is 0.0833. The van der Waals surface area contributed by atoms with Crippen molar-refractivity contribution >= 4 is 17.2 Å². The van der Waals surface area contributed by atoms with E-state index < -0.39 is 11.7 Å². The standard InChI is InChI=1S/C24H18N2O4/c27-23(24(28)25-14-16-9-10-20-21(12-16)30-15-29-20)22-19(17-6-2-1-3-7-17)13-18-8-4-5-11-26(18)22/h1-13H,14-15H2,(H,25,28). The van der Waals surface area contributed by atoms with Gasteiger partial charge in [0.2, 0.25) is 6.79 Å². The van der Waals surface area contributed by atoms with E-state index in [4.69, 9.17) is 9.47 Å². The quantitative estimate of drug-likeness (QED) is 0.410. The number of carbonyl (C=O) groups is 2. The number of aromatic nitrogens is 1. The second-order valence-corrected chi connectivity index (χ2v) is 6.97. The van der Waals surface area contributed by atoms with Crippen LogP contribution in [0.3, 0.4) is 0 Å². The fourth-order valence-electron chi connectivity index (χ4n) is 3.61. The molecule has 0 fully saturated rings. The van der Waals surface area contributed by atoms with Crippen LogP contribution < -0.4 is 14.8 Å². The molecule has 1 N–H and O–H groups in total. The van der Waals surface area contributed by atoms with Crippen LogP contribution in [0.1, 0.15) is 16.1 Å². The van der Waals surface area contributed by atoms with E-state index in [1.807, 2.05) is 60.7 Å². The van der Waals surface area contributed by atoms with Gasteiger partial charge in [-0.1, -0.05) is 42.5 Å². The summed E-state index contributed by atoms with van der Waals surface area (Å²) in [6, 6.07) is 22.6. The molecule has 0 aliphatic carbocycles. The topological polar surface area (TPSA) is 69.0 Å². The van der Waals surface area contributed by atoms with Crippen LogP contribution in [0.5, 0.6) is 11.5 Å². The molecule has 0 saturated heterocycles. The minimum atomic E-state index is -0.659. The summed E-state index contributed by atoms with van der Waals surface area (Å²) in [4.78, 5) is 25.9. The molecule has 2 aromatic carbocycles. The average Bonchev–Trinajstić information content (AvgIpc) is 3.41. The van der Waals surface area contributed by atoms with Crippen molar-refractivity contribution in [3.05, 3.63) is 90.3 Å². The highest BCUT2D eigenvalue weighted by Gasteiger charge is 2.24. The molecule has 0 unspecified atom stereocenters.